The Hall–Kier alpha value is -2.04. The van der Waals surface area contributed by atoms with Crippen LogP contribution in [0.25, 0.3) is 0 Å². The van der Waals surface area contributed by atoms with Crippen LogP contribution in [0.4, 0.5) is 4.79 Å². The highest BCUT2D eigenvalue weighted by molar-refractivity contribution is 5.85. The number of rotatable bonds is 9. The Bertz CT molecular complexity index is 531. The minimum atomic E-state index is -0.658. The average molecular weight is 333 g/mol. The standard InChI is InChI=1S/C19H27NO4/c1-3-4-5-6-10-13-16-17(18(21)23-2)20(19(22)24-16)14-15-11-8-7-9-12-15/h7-9,11-12,16-17H,3-6,10,13-14H2,1-2H3/t16-,17+/m0/s1. The van der Waals surface area contributed by atoms with E-state index in [0.717, 1.165) is 18.4 Å². The van der Waals surface area contributed by atoms with Crippen LogP contribution in [0.5, 0.6) is 0 Å². The summed E-state index contributed by atoms with van der Waals surface area (Å²) in [6.07, 6.45) is 5.45. The third kappa shape index (κ3) is 4.73. The molecule has 0 spiro atoms. The van der Waals surface area contributed by atoms with Crippen molar-refractivity contribution >= 4 is 12.1 Å². The van der Waals surface area contributed by atoms with Crippen LogP contribution in [0.3, 0.4) is 0 Å². The van der Waals surface area contributed by atoms with Crippen LogP contribution in [-0.4, -0.2) is 36.2 Å². The summed E-state index contributed by atoms with van der Waals surface area (Å²) < 4.78 is 10.4. The summed E-state index contributed by atoms with van der Waals surface area (Å²) in [5.74, 6) is -0.407. The van der Waals surface area contributed by atoms with Crippen LogP contribution in [0.2, 0.25) is 0 Å². The first-order chi connectivity index (χ1) is 11.7. The van der Waals surface area contributed by atoms with Crippen LogP contribution in [0.1, 0.15) is 51.0 Å². The minimum Gasteiger partial charge on any atom is -0.467 e. The van der Waals surface area contributed by atoms with E-state index in [-0.39, 0.29) is 0 Å². The van der Waals surface area contributed by atoms with Gasteiger partial charge in [0.15, 0.2) is 6.04 Å². The zero-order valence-corrected chi connectivity index (χ0v) is 14.6. The van der Waals surface area contributed by atoms with Gasteiger partial charge < -0.3 is 9.47 Å². The molecular formula is C19H27NO4. The van der Waals surface area contributed by atoms with Gasteiger partial charge in [0.25, 0.3) is 0 Å². The van der Waals surface area contributed by atoms with Crippen molar-refractivity contribution in [2.75, 3.05) is 7.11 Å². The summed E-state index contributed by atoms with van der Waals surface area (Å²) in [6.45, 7) is 2.53. The smallest absolute Gasteiger partial charge is 0.411 e. The number of nitrogens with zero attached hydrogens (tertiary/aromatic N) is 1. The maximum Gasteiger partial charge on any atom is 0.411 e. The quantitative estimate of drug-likeness (QED) is 0.508. The molecule has 5 nitrogen and oxygen atoms in total. The van der Waals surface area contributed by atoms with Crippen molar-refractivity contribution in [2.24, 2.45) is 0 Å². The number of benzene rings is 1. The van der Waals surface area contributed by atoms with Gasteiger partial charge in [0.05, 0.1) is 13.7 Å². The highest BCUT2D eigenvalue weighted by atomic mass is 16.6. The van der Waals surface area contributed by atoms with Gasteiger partial charge in [-0.15, -0.1) is 0 Å². The zero-order chi connectivity index (χ0) is 17.4. The molecule has 1 aliphatic heterocycles. The summed E-state index contributed by atoms with van der Waals surface area (Å²) in [6, 6.07) is 8.95. The number of esters is 1. The first-order valence-corrected chi connectivity index (χ1v) is 8.76. The van der Waals surface area contributed by atoms with E-state index < -0.39 is 24.2 Å². The summed E-state index contributed by atoms with van der Waals surface area (Å²) >= 11 is 0. The number of carbonyl (C=O) groups is 2. The van der Waals surface area contributed by atoms with Crippen LogP contribution in [0.15, 0.2) is 30.3 Å². The molecule has 1 fully saturated rings. The first kappa shape index (κ1) is 18.3. The maximum atomic E-state index is 12.3. The Balaban J connectivity index is 2.01. The van der Waals surface area contributed by atoms with Crippen LogP contribution in [0, 0.1) is 0 Å². The Labute approximate surface area is 143 Å². The van der Waals surface area contributed by atoms with E-state index in [0.29, 0.717) is 13.0 Å². The molecule has 132 valence electrons. The molecule has 5 heteroatoms. The number of unbranched alkanes of at least 4 members (excludes halogenated alkanes) is 4. The second kappa shape index (κ2) is 9.30. The van der Waals surface area contributed by atoms with Crippen molar-refractivity contribution in [3.63, 3.8) is 0 Å². The van der Waals surface area contributed by atoms with Gasteiger partial charge in [-0.2, -0.15) is 0 Å². The van der Waals surface area contributed by atoms with E-state index in [1.807, 2.05) is 30.3 Å². The van der Waals surface area contributed by atoms with Crippen LogP contribution in [-0.2, 0) is 20.8 Å². The molecule has 0 radical (unpaired) electrons. The fourth-order valence-corrected chi connectivity index (χ4v) is 3.08. The fourth-order valence-electron chi connectivity index (χ4n) is 3.08. The largest absolute Gasteiger partial charge is 0.467 e. The second-order valence-electron chi connectivity index (χ2n) is 6.21. The van der Waals surface area contributed by atoms with E-state index in [2.05, 4.69) is 6.92 Å². The van der Waals surface area contributed by atoms with E-state index in [9.17, 15) is 9.59 Å². The van der Waals surface area contributed by atoms with Gasteiger partial charge in [0.2, 0.25) is 0 Å². The fraction of sp³-hybridized carbons (Fsp3) is 0.579. The van der Waals surface area contributed by atoms with E-state index >= 15 is 0 Å². The third-order valence-electron chi connectivity index (χ3n) is 4.41. The SMILES string of the molecule is CCCCCCC[C@@H]1OC(=O)N(Cc2ccccc2)[C@H]1C(=O)OC. The van der Waals surface area contributed by atoms with Gasteiger partial charge in [-0.1, -0.05) is 62.9 Å². The predicted octanol–water partition coefficient (Wildman–Crippen LogP) is 3.91. The summed E-state index contributed by atoms with van der Waals surface area (Å²) in [5.41, 5.74) is 0.965. The number of cyclic esters (lactones) is 1. The molecule has 0 aliphatic carbocycles. The summed E-state index contributed by atoms with van der Waals surface area (Å²) in [5, 5.41) is 0. The lowest BCUT2D eigenvalue weighted by molar-refractivity contribution is -0.146. The maximum absolute atomic E-state index is 12.3. The van der Waals surface area contributed by atoms with Crippen molar-refractivity contribution in [3.05, 3.63) is 35.9 Å². The second-order valence-corrected chi connectivity index (χ2v) is 6.21. The molecule has 0 aromatic heterocycles. The van der Waals surface area contributed by atoms with Crippen LogP contribution < -0.4 is 0 Å². The molecule has 1 saturated heterocycles. The molecule has 0 N–H and O–H groups in total. The van der Waals surface area contributed by atoms with Crippen molar-refractivity contribution < 1.29 is 19.1 Å². The number of amides is 1. The Morgan fingerprint density at radius 2 is 1.88 bits per heavy atom. The van der Waals surface area contributed by atoms with Crippen molar-refractivity contribution in [1.82, 2.24) is 4.90 Å². The Morgan fingerprint density at radius 3 is 2.54 bits per heavy atom. The molecule has 2 rings (SSSR count). The minimum absolute atomic E-state index is 0.353. The molecule has 0 unspecified atom stereocenters. The topological polar surface area (TPSA) is 55.8 Å². The Kier molecular flexibility index (Phi) is 7.09. The zero-order valence-electron chi connectivity index (χ0n) is 14.6. The van der Waals surface area contributed by atoms with Crippen molar-refractivity contribution in [1.29, 1.82) is 0 Å². The molecular weight excluding hydrogens is 306 g/mol. The first-order valence-electron chi connectivity index (χ1n) is 8.76. The lowest BCUT2D eigenvalue weighted by Crippen LogP contribution is -2.43. The third-order valence-corrected chi connectivity index (χ3v) is 4.41. The molecule has 1 amide bonds. The van der Waals surface area contributed by atoms with Gasteiger partial charge >= 0.3 is 12.1 Å². The normalized spacial score (nSPS) is 20.1. The van der Waals surface area contributed by atoms with Gasteiger partial charge in [0, 0.05) is 0 Å². The summed E-state index contributed by atoms with van der Waals surface area (Å²) in [4.78, 5) is 25.9. The highest BCUT2D eigenvalue weighted by Gasteiger charge is 2.46. The number of hydrogen-bond acceptors (Lipinski definition) is 4. The molecule has 1 aromatic rings. The molecule has 0 saturated carbocycles. The van der Waals surface area contributed by atoms with Crippen molar-refractivity contribution in [3.8, 4) is 0 Å². The molecule has 1 aliphatic rings. The molecule has 0 bridgehead atoms. The number of methoxy groups -OCH3 is 1. The predicted molar refractivity (Wildman–Crippen MR) is 91.4 cm³/mol. The highest BCUT2D eigenvalue weighted by Crippen LogP contribution is 2.27. The monoisotopic (exact) mass is 333 g/mol. The van der Waals surface area contributed by atoms with Crippen molar-refractivity contribution in [2.45, 2.75) is 64.1 Å². The molecule has 1 heterocycles. The van der Waals surface area contributed by atoms with E-state index in [4.69, 9.17) is 9.47 Å². The van der Waals surface area contributed by atoms with Crippen LogP contribution >= 0.6 is 0 Å². The molecule has 1 aromatic carbocycles. The average Bonchev–Trinajstić information content (AvgIpc) is 2.90. The lowest BCUT2D eigenvalue weighted by atomic mass is 10.0. The van der Waals surface area contributed by atoms with E-state index in [1.165, 1.54) is 31.3 Å². The molecule has 2 atom stereocenters. The van der Waals surface area contributed by atoms with E-state index in [1.54, 1.807) is 0 Å². The number of hydrogen-bond donors (Lipinski definition) is 0. The van der Waals surface area contributed by atoms with Gasteiger partial charge in [-0.05, 0) is 18.4 Å². The van der Waals surface area contributed by atoms with Gasteiger partial charge in [-0.3, -0.25) is 4.90 Å². The molecule has 24 heavy (non-hydrogen) atoms. The van der Waals surface area contributed by atoms with Gasteiger partial charge in [0.1, 0.15) is 6.10 Å². The Morgan fingerprint density at radius 1 is 1.17 bits per heavy atom. The van der Waals surface area contributed by atoms with Gasteiger partial charge in [-0.25, -0.2) is 9.59 Å². The number of ether oxygens (including phenoxy) is 2. The lowest BCUT2D eigenvalue weighted by Gasteiger charge is -2.22. The number of carbonyl (C=O) groups excluding carboxylic acids is 2. The summed E-state index contributed by atoms with van der Waals surface area (Å²) in [7, 11) is 1.35.